The van der Waals surface area contributed by atoms with Crippen LogP contribution >= 0.6 is 0 Å². The number of hydrogen-bond acceptors (Lipinski definition) is 4. The van der Waals surface area contributed by atoms with Crippen molar-refractivity contribution in [3.05, 3.63) is 42.5 Å². The minimum Gasteiger partial charge on any atom is -0.376 e. The van der Waals surface area contributed by atoms with Crippen molar-refractivity contribution in [3.8, 4) is 5.69 Å². The van der Waals surface area contributed by atoms with Gasteiger partial charge in [-0.1, -0.05) is 43.9 Å². The molecule has 152 valence electrons. The highest BCUT2D eigenvalue weighted by Crippen LogP contribution is 2.19. The third-order valence-corrected chi connectivity index (χ3v) is 4.93. The summed E-state index contributed by atoms with van der Waals surface area (Å²) in [6, 6.07) is 10.1. The molecule has 0 bridgehead atoms. The van der Waals surface area contributed by atoms with Gasteiger partial charge in [0.25, 0.3) is 0 Å². The van der Waals surface area contributed by atoms with Crippen molar-refractivity contribution in [2.24, 2.45) is 4.99 Å². The molecule has 7 heteroatoms. The number of aromatic nitrogens is 3. The second-order valence-corrected chi connectivity index (χ2v) is 7.06. The van der Waals surface area contributed by atoms with E-state index in [1.807, 2.05) is 34.9 Å². The molecule has 1 fully saturated rings. The van der Waals surface area contributed by atoms with Gasteiger partial charge in [0.05, 0.1) is 12.7 Å². The first-order valence-electron chi connectivity index (χ1n) is 10.4. The first-order valence-corrected chi connectivity index (χ1v) is 10.4. The first kappa shape index (κ1) is 20.3. The Morgan fingerprint density at radius 3 is 2.68 bits per heavy atom. The van der Waals surface area contributed by atoms with Crippen molar-refractivity contribution < 1.29 is 4.74 Å². The highest BCUT2D eigenvalue weighted by Gasteiger charge is 2.12. The molecule has 0 unspecified atom stereocenters. The summed E-state index contributed by atoms with van der Waals surface area (Å²) in [5, 5.41) is 14.9. The number of benzene rings is 1. The number of hydrogen-bond donors (Lipinski definition) is 2. The maximum Gasteiger partial charge on any atom is 0.191 e. The molecular formula is C21H32N6O. The van der Waals surface area contributed by atoms with E-state index in [9.17, 15) is 0 Å². The van der Waals surface area contributed by atoms with E-state index in [1.165, 1.54) is 38.5 Å². The molecule has 28 heavy (non-hydrogen) atoms. The fraction of sp³-hybridized carbons (Fsp3) is 0.571. The average Bonchev–Trinajstić information content (AvgIpc) is 3.05. The maximum absolute atomic E-state index is 6.05. The lowest BCUT2D eigenvalue weighted by molar-refractivity contribution is 0.0468. The van der Waals surface area contributed by atoms with Crippen LogP contribution < -0.4 is 10.6 Å². The van der Waals surface area contributed by atoms with Gasteiger partial charge < -0.3 is 15.4 Å². The molecule has 0 aliphatic heterocycles. The molecular weight excluding hydrogens is 352 g/mol. The molecule has 0 spiro atoms. The number of ether oxygens (including phenoxy) is 1. The SMILES string of the molecule is CCNC(=NCc1nncn1-c1ccccc1)NCCOC1CCCCCC1. The predicted molar refractivity (Wildman–Crippen MR) is 112 cm³/mol. The van der Waals surface area contributed by atoms with Crippen LogP contribution in [0.15, 0.2) is 41.7 Å². The van der Waals surface area contributed by atoms with E-state index in [2.05, 4.69) is 32.7 Å². The van der Waals surface area contributed by atoms with Crippen molar-refractivity contribution in [1.82, 2.24) is 25.4 Å². The number of nitrogens with zero attached hydrogens (tertiary/aromatic N) is 4. The van der Waals surface area contributed by atoms with Gasteiger partial charge >= 0.3 is 0 Å². The fourth-order valence-corrected chi connectivity index (χ4v) is 3.47. The Kier molecular flexibility index (Phi) is 8.30. The lowest BCUT2D eigenvalue weighted by Gasteiger charge is -2.16. The van der Waals surface area contributed by atoms with Gasteiger partial charge in [-0.2, -0.15) is 0 Å². The zero-order valence-electron chi connectivity index (χ0n) is 16.8. The zero-order valence-corrected chi connectivity index (χ0v) is 16.8. The summed E-state index contributed by atoms with van der Waals surface area (Å²) < 4.78 is 8.01. The minimum atomic E-state index is 0.424. The highest BCUT2D eigenvalue weighted by atomic mass is 16.5. The molecule has 3 rings (SSSR count). The summed E-state index contributed by atoms with van der Waals surface area (Å²) in [6.45, 7) is 4.77. The lowest BCUT2D eigenvalue weighted by atomic mass is 10.1. The first-order chi connectivity index (χ1) is 13.9. The average molecular weight is 385 g/mol. The quantitative estimate of drug-likeness (QED) is 0.317. The topological polar surface area (TPSA) is 76.4 Å². The molecule has 1 aliphatic rings. The Hall–Kier alpha value is -2.41. The third-order valence-electron chi connectivity index (χ3n) is 4.93. The van der Waals surface area contributed by atoms with E-state index in [4.69, 9.17) is 4.74 Å². The largest absolute Gasteiger partial charge is 0.376 e. The van der Waals surface area contributed by atoms with E-state index in [0.29, 0.717) is 19.3 Å². The van der Waals surface area contributed by atoms with E-state index < -0.39 is 0 Å². The lowest BCUT2D eigenvalue weighted by Crippen LogP contribution is -2.39. The van der Waals surface area contributed by atoms with E-state index in [1.54, 1.807) is 6.33 Å². The van der Waals surface area contributed by atoms with Gasteiger partial charge in [-0.05, 0) is 31.9 Å². The zero-order chi connectivity index (χ0) is 19.4. The van der Waals surface area contributed by atoms with Crippen molar-refractivity contribution in [2.75, 3.05) is 19.7 Å². The van der Waals surface area contributed by atoms with Crippen molar-refractivity contribution >= 4 is 5.96 Å². The molecule has 2 N–H and O–H groups in total. The second-order valence-electron chi connectivity index (χ2n) is 7.06. The van der Waals surface area contributed by atoms with Gasteiger partial charge in [-0.15, -0.1) is 10.2 Å². The standard InChI is InChI=1S/C21H32N6O/c1-2-22-21(23-14-15-28-19-12-8-3-4-9-13-19)24-16-20-26-25-17-27(20)18-10-6-5-7-11-18/h5-7,10-11,17,19H,2-4,8-9,12-16H2,1H3,(H2,22,23,24). The number of guanidine groups is 1. The number of para-hydroxylation sites is 1. The number of nitrogens with one attached hydrogen (secondary N) is 2. The van der Waals surface area contributed by atoms with Crippen molar-refractivity contribution in [2.45, 2.75) is 58.1 Å². The molecule has 1 aromatic carbocycles. The molecule has 2 aromatic rings. The van der Waals surface area contributed by atoms with Gasteiger partial charge in [0, 0.05) is 18.8 Å². The molecule has 1 aromatic heterocycles. The van der Waals surface area contributed by atoms with Crippen LogP contribution in [0.4, 0.5) is 0 Å². The van der Waals surface area contributed by atoms with Crippen LogP contribution in [-0.4, -0.2) is 46.5 Å². The Morgan fingerprint density at radius 1 is 1.14 bits per heavy atom. The molecule has 1 heterocycles. The fourth-order valence-electron chi connectivity index (χ4n) is 3.47. The van der Waals surface area contributed by atoms with Gasteiger partial charge in [0.15, 0.2) is 11.8 Å². The van der Waals surface area contributed by atoms with Crippen molar-refractivity contribution in [3.63, 3.8) is 0 Å². The Labute approximate surface area is 167 Å². The molecule has 0 saturated heterocycles. The highest BCUT2D eigenvalue weighted by molar-refractivity contribution is 5.79. The summed E-state index contributed by atoms with van der Waals surface area (Å²) >= 11 is 0. The Bertz CT molecular complexity index is 707. The van der Waals surface area contributed by atoms with Gasteiger partial charge in [0.1, 0.15) is 12.9 Å². The number of aliphatic imine (C=N–C) groups is 1. The monoisotopic (exact) mass is 384 g/mol. The summed E-state index contributed by atoms with van der Waals surface area (Å²) in [6.07, 6.45) is 9.84. The normalized spacial score (nSPS) is 16.0. The van der Waals surface area contributed by atoms with E-state index in [-0.39, 0.29) is 0 Å². The summed E-state index contributed by atoms with van der Waals surface area (Å²) in [4.78, 5) is 4.66. The molecule has 1 aliphatic carbocycles. The van der Waals surface area contributed by atoms with Crippen LogP contribution in [0, 0.1) is 0 Å². The van der Waals surface area contributed by atoms with Gasteiger partial charge in [0.2, 0.25) is 0 Å². The van der Waals surface area contributed by atoms with Crippen molar-refractivity contribution in [1.29, 1.82) is 0 Å². The molecule has 1 saturated carbocycles. The minimum absolute atomic E-state index is 0.424. The van der Waals surface area contributed by atoms with Crippen LogP contribution in [0.25, 0.3) is 5.69 Å². The Morgan fingerprint density at radius 2 is 1.93 bits per heavy atom. The summed E-state index contributed by atoms with van der Waals surface area (Å²) in [7, 11) is 0. The Balaban J connectivity index is 1.50. The van der Waals surface area contributed by atoms with E-state index in [0.717, 1.165) is 30.6 Å². The van der Waals surface area contributed by atoms with Crippen LogP contribution in [-0.2, 0) is 11.3 Å². The summed E-state index contributed by atoms with van der Waals surface area (Å²) in [5.41, 5.74) is 1.03. The van der Waals surface area contributed by atoms with E-state index >= 15 is 0 Å². The predicted octanol–water partition coefficient (Wildman–Crippen LogP) is 3.06. The number of rotatable bonds is 8. The smallest absolute Gasteiger partial charge is 0.191 e. The third kappa shape index (κ3) is 6.34. The molecule has 7 nitrogen and oxygen atoms in total. The molecule has 0 radical (unpaired) electrons. The van der Waals surface area contributed by atoms with Crippen LogP contribution in [0.1, 0.15) is 51.3 Å². The second kappa shape index (κ2) is 11.4. The molecule has 0 atom stereocenters. The van der Waals surface area contributed by atoms with Gasteiger partial charge in [-0.25, -0.2) is 4.99 Å². The summed E-state index contributed by atoms with van der Waals surface area (Å²) in [5.74, 6) is 1.58. The maximum atomic E-state index is 6.05. The van der Waals surface area contributed by atoms with Crippen LogP contribution in [0.5, 0.6) is 0 Å². The van der Waals surface area contributed by atoms with Gasteiger partial charge in [-0.3, -0.25) is 4.57 Å². The van der Waals surface area contributed by atoms with Crippen LogP contribution in [0.2, 0.25) is 0 Å². The van der Waals surface area contributed by atoms with Crippen LogP contribution in [0.3, 0.4) is 0 Å². The molecule has 0 amide bonds.